The van der Waals surface area contributed by atoms with E-state index in [1.807, 2.05) is 13.8 Å². The minimum absolute atomic E-state index is 0.519. The quantitative estimate of drug-likeness (QED) is 0.574. The summed E-state index contributed by atoms with van der Waals surface area (Å²) >= 11 is 0. The van der Waals surface area contributed by atoms with E-state index < -0.39 is 0 Å². The Balaban J connectivity index is 0.000000461. The highest BCUT2D eigenvalue weighted by molar-refractivity contribution is 4.64. The zero-order chi connectivity index (χ0) is 8.53. The topological polar surface area (TPSA) is 26.0 Å². The van der Waals surface area contributed by atoms with Crippen molar-refractivity contribution in [2.45, 2.75) is 64.8 Å². The van der Waals surface area contributed by atoms with Crippen molar-refractivity contribution in [3.8, 4) is 0 Å². The molecule has 0 aliphatic heterocycles. The Kier molecular flexibility index (Phi) is 8.03. The molecule has 0 unspecified atom stereocenters. The summed E-state index contributed by atoms with van der Waals surface area (Å²) in [5.74, 6) is 0. The van der Waals surface area contributed by atoms with Crippen LogP contribution in [0.15, 0.2) is 0 Å². The largest absolute Gasteiger partial charge is 0.328 e. The molecule has 1 nitrogen and oxygen atoms in total. The van der Waals surface area contributed by atoms with E-state index in [0.29, 0.717) is 6.04 Å². The zero-order valence-corrected chi connectivity index (χ0v) is 8.10. The van der Waals surface area contributed by atoms with Crippen molar-refractivity contribution in [2.24, 2.45) is 5.73 Å². The van der Waals surface area contributed by atoms with Crippen LogP contribution < -0.4 is 5.73 Å². The van der Waals surface area contributed by atoms with Gasteiger partial charge in [-0.2, -0.15) is 0 Å². The summed E-state index contributed by atoms with van der Waals surface area (Å²) in [7, 11) is 0. The summed E-state index contributed by atoms with van der Waals surface area (Å²) in [6, 6.07) is 0.519. The van der Waals surface area contributed by atoms with Gasteiger partial charge in [0.2, 0.25) is 0 Å². The molecule has 0 radical (unpaired) electrons. The van der Waals surface area contributed by atoms with Crippen LogP contribution in [0.4, 0.5) is 0 Å². The molecule has 0 spiro atoms. The van der Waals surface area contributed by atoms with Crippen LogP contribution in [0.3, 0.4) is 0 Å². The van der Waals surface area contributed by atoms with Gasteiger partial charge in [0.25, 0.3) is 0 Å². The van der Waals surface area contributed by atoms with Crippen molar-refractivity contribution < 1.29 is 0 Å². The molecule has 0 atom stereocenters. The van der Waals surface area contributed by atoms with Gasteiger partial charge in [0.1, 0.15) is 0 Å². The van der Waals surface area contributed by atoms with Gasteiger partial charge in [-0.1, -0.05) is 46.0 Å². The van der Waals surface area contributed by atoms with E-state index in [1.54, 1.807) is 0 Å². The van der Waals surface area contributed by atoms with Crippen LogP contribution in [0.1, 0.15) is 58.8 Å². The van der Waals surface area contributed by atoms with E-state index in [2.05, 4.69) is 0 Å². The lowest BCUT2D eigenvalue weighted by Crippen LogP contribution is -2.20. The van der Waals surface area contributed by atoms with Crippen molar-refractivity contribution >= 4 is 0 Å². The third-order valence-electron chi connectivity index (χ3n) is 2.15. The summed E-state index contributed by atoms with van der Waals surface area (Å²) in [5, 5.41) is 0. The van der Waals surface area contributed by atoms with E-state index >= 15 is 0 Å². The van der Waals surface area contributed by atoms with Crippen molar-refractivity contribution in [2.75, 3.05) is 0 Å². The molecule has 1 aliphatic carbocycles. The van der Waals surface area contributed by atoms with Crippen LogP contribution in [0, 0.1) is 0 Å². The summed E-state index contributed by atoms with van der Waals surface area (Å²) in [6.45, 7) is 4.00. The zero-order valence-electron chi connectivity index (χ0n) is 8.10. The van der Waals surface area contributed by atoms with Crippen LogP contribution >= 0.6 is 0 Å². The lowest BCUT2D eigenvalue weighted by molar-refractivity contribution is 0.453. The summed E-state index contributed by atoms with van der Waals surface area (Å²) in [5.41, 5.74) is 5.80. The molecule has 1 fully saturated rings. The molecule has 68 valence electrons. The third-order valence-corrected chi connectivity index (χ3v) is 2.15. The number of hydrogen-bond donors (Lipinski definition) is 1. The lowest BCUT2D eigenvalue weighted by atomic mass is 9.98. The van der Waals surface area contributed by atoms with Crippen LogP contribution in [-0.4, -0.2) is 6.04 Å². The first-order valence-electron chi connectivity index (χ1n) is 5.15. The molecular weight excluding hydrogens is 134 g/mol. The average molecular weight is 157 g/mol. The maximum absolute atomic E-state index is 5.80. The number of rotatable bonds is 0. The molecular formula is C10H23N. The minimum atomic E-state index is 0.519. The monoisotopic (exact) mass is 157 g/mol. The van der Waals surface area contributed by atoms with E-state index in [1.165, 1.54) is 44.9 Å². The van der Waals surface area contributed by atoms with E-state index in [0.717, 1.165) is 0 Å². The highest BCUT2D eigenvalue weighted by Gasteiger charge is 2.04. The fourth-order valence-electron chi connectivity index (χ4n) is 1.49. The predicted octanol–water partition coefficient (Wildman–Crippen LogP) is 3.08. The fourth-order valence-corrected chi connectivity index (χ4v) is 1.49. The second-order valence-corrected chi connectivity index (χ2v) is 3.11. The first-order chi connectivity index (χ1) is 5.39. The van der Waals surface area contributed by atoms with Gasteiger partial charge in [-0.15, -0.1) is 0 Å². The Morgan fingerprint density at radius 2 is 1.18 bits per heavy atom. The van der Waals surface area contributed by atoms with Gasteiger partial charge in [-0.05, 0) is 12.8 Å². The van der Waals surface area contributed by atoms with Gasteiger partial charge >= 0.3 is 0 Å². The van der Waals surface area contributed by atoms with Crippen molar-refractivity contribution in [3.63, 3.8) is 0 Å². The van der Waals surface area contributed by atoms with Gasteiger partial charge in [0.15, 0.2) is 0 Å². The molecule has 1 saturated carbocycles. The maximum Gasteiger partial charge on any atom is 0.00388 e. The Labute approximate surface area is 71.4 Å². The molecule has 0 heterocycles. The summed E-state index contributed by atoms with van der Waals surface area (Å²) in [4.78, 5) is 0. The highest BCUT2D eigenvalue weighted by atomic mass is 14.6. The molecule has 0 aromatic heterocycles. The lowest BCUT2D eigenvalue weighted by Gasteiger charge is -2.13. The Morgan fingerprint density at radius 3 is 1.64 bits per heavy atom. The normalized spacial score (nSPS) is 21.0. The van der Waals surface area contributed by atoms with E-state index in [9.17, 15) is 0 Å². The minimum Gasteiger partial charge on any atom is -0.328 e. The molecule has 2 N–H and O–H groups in total. The Hall–Kier alpha value is -0.0400. The fraction of sp³-hybridized carbons (Fsp3) is 1.00. The van der Waals surface area contributed by atoms with Gasteiger partial charge in [0, 0.05) is 6.04 Å². The Morgan fingerprint density at radius 1 is 0.818 bits per heavy atom. The highest BCUT2D eigenvalue weighted by Crippen LogP contribution is 2.15. The molecule has 1 heteroatoms. The van der Waals surface area contributed by atoms with Crippen LogP contribution in [0.25, 0.3) is 0 Å². The van der Waals surface area contributed by atoms with Crippen LogP contribution in [-0.2, 0) is 0 Å². The molecule has 1 aliphatic rings. The SMILES string of the molecule is CC.NC1CCCCCCC1. The smallest absolute Gasteiger partial charge is 0.00388 e. The van der Waals surface area contributed by atoms with E-state index in [4.69, 9.17) is 5.73 Å². The third kappa shape index (κ3) is 6.36. The maximum atomic E-state index is 5.80. The average Bonchev–Trinajstić information content (AvgIpc) is 2.01. The first kappa shape index (κ1) is 11.0. The standard InChI is InChI=1S/C8H17N.C2H6/c9-8-6-4-2-1-3-5-7-8;1-2/h8H,1-7,9H2;1-2H3. The number of nitrogens with two attached hydrogens (primary N) is 1. The molecule has 0 aromatic carbocycles. The van der Waals surface area contributed by atoms with Gasteiger partial charge in [-0.25, -0.2) is 0 Å². The van der Waals surface area contributed by atoms with E-state index in [-0.39, 0.29) is 0 Å². The van der Waals surface area contributed by atoms with Crippen molar-refractivity contribution in [1.82, 2.24) is 0 Å². The van der Waals surface area contributed by atoms with Crippen LogP contribution in [0.5, 0.6) is 0 Å². The van der Waals surface area contributed by atoms with Gasteiger partial charge in [-0.3, -0.25) is 0 Å². The molecule has 0 aromatic rings. The van der Waals surface area contributed by atoms with Crippen molar-refractivity contribution in [1.29, 1.82) is 0 Å². The molecule has 1 rings (SSSR count). The summed E-state index contributed by atoms with van der Waals surface area (Å²) in [6.07, 6.45) is 9.51. The van der Waals surface area contributed by atoms with Gasteiger partial charge < -0.3 is 5.73 Å². The Bertz CT molecular complexity index is 63.3. The molecule has 0 amide bonds. The second kappa shape index (κ2) is 8.06. The molecule has 0 bridgehead atoms. The second-order valence-electron chi connectivity index (χ2n) is 3.11. The predicted molar refractivity (Wildman–Crippen MR) is 51.6 cm³/mol. The van der Waals surface area contributed by atoms with Gasteiger partial charge in [0.05, 0.1) is 0 Å². The molecule has 11 heavy (non-hydrogen) atoms. The number of hydrogen-bond acceptors (Lipinski definition) is 1. The van der Waals surface area contributed by atoms with Crippen molar-refractivity contribution in [3.05, 3.63) is 0 Å². The molecule has 0 saturated heterocycles. The summed E-state index contributed by atoms with van der Waals surface area (Å²) < 4.78 is 0. The first-order valence-corrected chi connectivity index (χ1v) is 5.15. The van der Waals surface area contributed by atoms with Crippen LogP contribution in [0.2, 0.25) is 0 Å².